The number of nitrogens with zero attached hydrogens (tertiary/aromatic N) is 2. The number of aryl methyl sites for hydroxylation is 1. The molecule has 0 saturated carbocycles. The van der Waals surface area contributed by atoms with Gasteiger partial charge in [0.25, 0.3) is 0 Å². The molecule has 0 amide bonds. The zero-order valence-electron chi connectivity index (χ0n) is 59.9. The van der Waals surface area contributed by atoms with Gasteiger partial charge in [0.05, 0.1) is 22.5 Å². The van der Waals surface area contributed by atoms with Crippen molar-refractivity contribution in [3.05, 3.63) is 434 Å². The average Bonchev–Trinajstić information content (AvgIpc) is 1.53. The molecule has 5 heteroatoms. The summed E-state index contributed by atoms with van der Waals surface area (Å²) in [5, 5.41) is 16.4. The van der Waals surface area contributed by atoms with Gasteiger partial charge in [-0.1, -0.05) is 345 Å². The van der Waals surface area contributed by atoms with Crippen LogP contribution in [0.25, 0.3) is 110 Å². The van der Waals surface area contributed by atoms with Crippen LogP contribution in [-0.4, -0.2) is 8.07 Å². The smallest absolute Gasteiger partial charge is 0.179 e. The molecule has 512 valence electrons. The summed E-state index contributed by atoms with van der Waals surface area (Å²) in [5.74, 6) is 0. The van der Waals surface area contributed by atoms with E-state index in [1.165, 1.54) is 54.0 Å². The number of para-hydroxylation sites is 2. The van der Waals surface area contributed by atoms with E-state index in [4.69, 9.17) is 8.83 Å². The number of benzene rings is 18. The number of anilines is 6. The summed E-state index contributed by atoms with van der Waals surface area (Å²) in [6.45, 7) is 2.17. The lowest BCUT2D eigenvalue weighted by molar-refractivity contribution is 0.669. The molecule has 1 aliphatic carbocycles. The summed E-state index contributed by atoms with van der Waals surface area (Å²) in [6.07, 6.45) is 0. The Balaban J connectivity index is 0.825. The molecule has 0 bridgehead atoms. The van der Waals surface area contributed by atoms with Gasteiger partial charge in [0.15, 0.2) is 19.2 Å². The molecule has 0 N–H and O–H groups in total. The van der Waals surface area contributed by atoms with Crippen LogP contribution in [0.2, 0.25) is 0 Å². The van der Waals surface area contributed by atoms with E-state index >= 15 is 0 Å². The van der Waals surface area contributed by atoms with Crippen molar-refractivity contribution in [2.75, 3.05) is 9.80 Å². The van der Waals surface area contributed by atoms with E-state index < -0.39 is 13.5 Å². The zero-order valence-corrected chi connectivity index (χ0v) is 60.9. The fourth-order valence-corrected chi connectivity index (χ4v) is 23.2. The van der Waals surface area contributed by atoms with Crippen molar-refractivity contribution in [1.82, 2.24) is 0 Å². The van der Waals surface area contributed by atoms with Crippen molar-refractivity contribution < 1.29 is 8.83 Å². The van der Waals surface area contributed by atoms with Gasteiger partial charge in [-0.05, 0) is 177 Å². The Labute approximate surface area is 633 Å². The molecule has 0 fully saturated rings. The molecular weight excluding hydrogens is 1340 g/mol. The molecule has 0 atom stereocenters. The molecule has 21 rings (SSSR count). The lowest BCUT2D eigenvalue weighted by Gasteiger charge is -2.36. The van der Waals surface area contributed by atoms with E-state index in [2.05, 4.69) is 423 Å². The fraction of sp³-hybridized carbons (Fsp3) is 0.0192. The number of furan rings is 2. The van der Waals surface area contributed by atoms with Gasteiger partial charge in [0.2, 0.25) is 0 Å². The van der Waals surface area contributed by atoms with Crippen molar-refractivity contribution in [2.24, 2.45) is 0 Å². The van der Waals surface area contributed by atoms with E-state index in [1.807, 2.05) is 0 Å². The Hall–Kier alpha value is -13.8. The SMILES string of the molecule is Cc1cccc(-c2ccc(N(c3ccc4c(c3)C(c3ccccc3)(c3ccccc3)c3cc(N(c5ccc6ccccc6c5)c5ccc(-c6cccc([Si](c7ccccc7)(c7ccccc7)c7ccccc7)c6)c6c5oc5ccccc56)c5ccccc5c3-4)c3ccc4ccccc4c3)c3oc4ccccc4c23)c1. The van der Waals surface area contributed by atoms with Gasteiger partial charge in [0, 0.05) is 44.0 Å². The third-order valence-electron chi connectivity index (χ3n) is 23.0. The molecule has 18 aromatic carbocycles. The third kappa shape index (κ3) is 10.0. The summed E-state index contributed by atoms with van der Waals surface area (Å²) in [6, 6.07) is 151. The summed E-state index contributed by atoms with van der Waals surface area (Å²) >= 11 is 0. The van der Waals surface area contributed by atoms with E-state index in [0.717, 1.165) is 138 Å². The Morgan fingerprint density at radius 2 is 0.679 bits per heavy atom. The van der Waals surface area contributed by atoms with Crippen molar-refractivity contribution in [3.63, 3.8) is 0 Å². The molecule has 2 aromatic heterocycles. The minimum Gasteiger partial charge on any atom is -0.454 e. The molecular formula is C104H70N2O2Si. The van der Waals surface area contributed by atoms with Crippen LogP contribution in [0.5, 0.6) is 0 Å². The Bertz CT molecular complexity index is 6810. The first-order valence-electron chi connectivity index (χ1n) is 37.6. The number of hydrogen-bond acceptors (Lipinski definition) is 4. The summed E-state index contributed by atoms with van der Waals surface area (Å²) < 4.78 is 14.8. The van der Waals surface area contributed by atoms with Gasteiger partial charge >= 0.3 is 0 Å². The lowest BCUT2D eigenvalue weighted by Crippen LogP contribution is -2.74. The normalized spacial score (nSPS) is 12.5. The Kier molecular flexibility index (Phi) is 15.0. The number of rotatable bonds is 14. The highest BCUT2D eigenvalue weighted by atomic mass is 28.3. The van der Waals surface area contributed by atoms with E-state index in [1.54, 1.807) is 0 Å². The lowest BCUT2D eigenvalue weighted by atomic mass is 9.67. The summed E-state index contributed by atoms with van der Waals surface area (Å²) in [5.41, 5.74) is 21.0. The van der Waals surface area contributed by atoms with E-state index in [0.29, 0.717) is 0 Å². The maximum atomic E-state index is 7.56. The first kappa shape index (κ1) is 63.6. The molecule has 0 saturated heterocycles. The van der Waals surface area contributed by atoms with E-state index in [9.17, 15) is 0 Å². The molecule has 2 heterocycles. The second kappa shape index (κ2) is 25.7. The van der Waals surface area contributed by atoms with Crippen LogP contribution < -0.4 is 30.5 Å². The molecule has 1 aliphatic rings. The molecule has 109 heavy (non-hydrogen) atoms. The number of fused-ring (bicyclic) bond motifs is 13. The molecule has 4 nitrogen and oxygen atoms in total. The van der Waals surface area contributed by atoms with Gasteiger partial charge in [0.1, 0.15) is 11.2 Å². The fourth-order valence-electron chi connectivity index (χ4n) is 18.4. The Morgan fingerprint density at radius 3 is 1.22 bits per heavy atom. The monoisotopic (exact) mass is 1410 g/mol. The topological polar surface area (TPSA) is 32.8 Å². The highest BCUT2D eigenvalue weighted by molar-refractivity contribution is 7.20. The highest BCUT2D eigenvalue weighted by Crippen LogP contribution is 2.62. The molecule has 0 aliphatic heterocycles. The molecule has 0 spiro atoms. The van der Waals surface area contributed by atoms with Gasteiger partial charge in [-0.25, -0.2) is 0 Å². The maximum Gasteiger partial charge on any atom is 0.179 e. The largest absolute Gasteiger partial charge is 0.454 e. The van der Waals surface area contributed by atoms with Crippen molar-refractivity contribution in [2.45, 2.75) is 12.3 Å². The van der Waals surface area contributed by atoms with Crippen LogP contribution in [0.1, 0.15) is 27.8 Å². The first-order valence-corrected chi connectivity index (χ1v) is 39.6. The molecule has 0 radical (unpaired) electrons. The quantitative estimate of drug-likeness (QED) is 0.0802. The second-order valence-corrected chi connectivity index (χ2v) is 32.8. The van der Waals surface area contributed by atoms with E-state index in [-0.39, 0.29) is 0 Å². The highest BCUT2D eigenvalue weighted by Gasteiger charge is 2.49. The van der Waals surface area contributed by atoms with Crippen LogP contribution in [0.4, 0.5) is 34.1 Å². The first-order chi connectivity index (χ1) is 54.0. The molecule has 20 aromatic rings. The van der Waals surface area contributed by atoms with Crippen LogP contribution >= 0.6 is 0 Å². The van der Waals surface area contributed by atoms with Crippen LogP contribution in [-0.2, 0) is 5.41 Å². The minimum atomic E-state index is -2.95. The van der Waals surface area contributed by atoms with Crippen LogP contribution in [0.3, 0.4) is 0 Å². The minimum absolute atomic E-state index is 0.795. The van der Waals surface area contributed by atoms with Gasteiger partial charge in [-0.15, -0.1) is 0 Å². The third-order valence-corrected chi connectivity index (χ3v) is 27.8. The Morgan fingerprint density at radius 1 is 0.266 bits per heavy atom. The predicted octanol–water partition coefficient (Wildman–Crippen LogP) is 25.3. The van der Waals surface area contributed by atoms with Crippen LogP contribution in [0.15, 0.2) is 415 Å². The predicted molar refractivity (Wildman–Crippen MR) is 459 cm³/mol. The average molecular weight is 1410 g/mol. The standard InChI is InChI=1S/C104H70N2O2Si/c1-69-29-27-34-74(63-69)85-59-61-94(102-100(85)90-49-23-25-51-97(90)107-102)105(78-55-53-70-30-17-19-32-72(70)64-78)80-57-58-89-92(67-80)104(76-36-7-2-8-37-76,77-38-9-3-10-39-77)93-68-96(87-47-21-22-48-88(87)99(89)93)106(79-56-54-71-31-18-20-33-73(71)65-79)95-62-60-86(101-91-50-24-26-52-98(91)108-103(95)101)75-35-28-46-84(66-75)109(81-40-11-4-12-41-81,82-42-13-5-14-43-82)83-44-15-6-16-45-83/h2-68H,1H3. The second-order valence-electron chi connectivity index (χ2n) is 29.0. The molecule has 0 unspecified atom stereocenters. The maximum absolute atomic E-state index is 7.56. The summed E-state index contributed by atoms with van der Waals surface area (Å²) in [4.78, 5) is 4.95. The summed E-state index contributed by atoms with van der Waals surface area (Å²) in [7, 11) is -2.95. The van der Waals surface area contributed by atoms with Crippen molar-refractivity contribution >= 4 is 139 Å². The van der Waals surface area contributed by atoms with Gasteiger partial charge in [-0.3, -0.25) is 0 Å². The van der Waals surface area contributed by atoms with Gasteiger partial charge < -0.3 is 18.6 Å². The zero-order chi connectivity index (χ0) is 72.2. The van der Waals surface area contributed by atoms with Crippen molar-refractivity contribution in [1.29, 1.82) is 0 Å². The van der Waals surface area contributed by atoms with Crippen molar-refractivity contribution in [3.8, 4) is 33.4 Å². The number of hydrogen-bond donors (Lipinski definition) is 0. The van der Waals surface area contributed by atoms with Crippen LogP contribution in [0, 0.1) is 6.92 Å². The van der Waals surface area contributed by atoms with Gasteiger partial charge in [-0.2, -0.15) is 0 Å².